The van der Waals surface area contributed by atoms with Crippen LogP contribution in [0.1, 0.15) is 16.7 Å². The van der Waals surface area contributed by atoms with Crippen LogP contribution in [0.3, 0.4) is 0 Å². The number of nitrogen functional groups attached to an aromatic ring is 1. The molecule has 1 heterocycles. The van der Waals surface area contributed by atoms with Crippen LogP contribution in [-0.4, -0.2) is 10.8 Å². The van der Waals surface area contributed by atoms with Crippen molar-refractivity contribution in [3.63, 3.8) is 0 Å². The molecule has 1 aliphatic rings. The van der Waals surface area contributed by atoms with Gasteiger partial charge in [0.2, 0.25) is 5.91 Å². The monoisotopic (exact) mass is 288 g/mol. The molecule has 0 atom stereocenters. The Morgan fingerprint density at radius 3 is 2.48 bits per heavy atom. The molecule has 0 radical (unpaired) electrons. The van der Waals surface area contributed by atoms with Gasteiger partial charge >= 0.3 is 0 Å². The van der Waals surface area contributed by atoms with E-state index < -0.39 is 11.6 Å². The second kappa shape index (κ2) is 5.16. The highest BCUT2D eigenvalue weighted by Crippen LogP contribution is 2.25. The van der Waals surface area contributed by atoms with Crippen molar-refractivity contribution in [3.05, 3.63) is 64.7 Å². The van der Waals surface area contributed by atoms with Crippen molar-refractivity contribution >= 4 is 11.6 Å². The van der Waals surface area contributed by atoms with E-state index in [2.05, 4.69) is 0 Å². The largest absolute Gasteiger partial charge is 0.399 e. The molecule has 0 saturated heterocycles. The fraction of sp³-hybridized carbons (Fsp3) is 0.188. The van der Waals surface area contributed by atoms with Crippen LogP contribution in [0.4, 0.5) is 14.5 Å². The summed E-state index contributed by atoms with van der Waals surface area (Å²) < 4.78 is 27.2. The van der Waals surface area contributed by atoms with Gasteiger partial charge in [0.25, 0.3) is 0 Å². The van der Waals surface area contributed by atoms with Crippen molar-refractivity contribution in [1.82, 2.24) is 4.90 Å². The summed E-state index contributed by atoms with van der Waals surface area (Å²) in [4.78, 5) is 13.8. The zero-order chi connectivity index (χ0) is 15.0. The summed E-state index contributed by atoms with van der Waals surface area (Å²) in [5, 5.41) is 0. The van der Waals surface area contributed by atoms with Crippen LogP contribution in [0, 0.1) is 11.6 Å². The average molecular weight is 288 g/mol. The zero-order valence-corrected chi connectivity index (χ0v) is 11.3. The van der Waals surface area contributed by atoms with Crippen LogP contribution >= 0.6 is 0 Å². The number of nitrogens with zero attached hydrogens (tertiary/aromatic N) is 1. The smallest absolute Gasteiger partial charge is 0.227 e. The van der Waals surface area contributed by atoms with Gasteiger partial charge < -0.3 is 10.6 Å². The minimum absolute atomic E-state index is 0.182. The van der Waals surface area contributed by atoms with E-state index in [1.807, 2.05) is 12.1 Å². The van der Waals surface area contributed by atoms with Crippen LogP contribution < -0.4 is 5.73 Å². The van der Waals surface area contributed by atoms with E-state index in [9.17, 15) is 13.6 Å². The number of fused-ring (bicyclic) bond motifs is 1. The van der Waals surface area contributed by atoms with Gasteiger partial charge in [-0.05, 0) is 35.4 Å². The lowest BCUT2D eigenvalue weighted by molar-refractivity contribution is -0.131. The normalized spacial score (nSPS) is 13.3. The van der Waals surface area contributed by atoms with E-state index in [1.165, 1.54) is 6.07 Å². The van der Waals surface area contributed by atoms with Gasteiger partial charge in [-0.25, -0.2) is 8.78 Å². The quantitative estimate of drug-likeness (QED) is 0.864. The molecule has 1 amide bonds. The minimum Gasteiger partial charge on any atom is -0.399 e. The number of anilines is 1. The molecule has 0 bridgehead atoms. The number of hydrogen-bond acceptors (Lipinski definition) is 2. The van der Waals surface area contributed by atoms with Crippen LogP contribution in [-0.2, 0) is 24.3 Å². The fourth-order valence-corrected chi connectivity index (χ4v) is 2.56. The summed E-state index contributed by atoms with van der Waals surface area (Å²) >= 11 is 0. The molecule has 0 fully saturated rings. The lowest BCUT2D eigenvalue weighted by Crippen LogP contribution is -2.27. The molecule has 0 spiro atoms. The molecule has 0 saturated carbocycles. The Bertz CT molecular complexity index is 695. The summed E-state index contributed by atoms with van der Waals surface area (Å²) in [7, 11) is 0. The molecular formula is C16H14F2N2O. The number of hydrogen-bond donors (Lipinski definition) is 1. The predicted octanol–water partition coefficient (Wildman–Crippen LogP) is 2.63. The van der Waals surface area contributed by atoms with Crippen LogP contribution in [0.25, 0.3) is 0 Å². The van der Waals surface area contributed by atoms with Gasteiger partial charge in [-0.1, -0.05) is 12.1 Å². The van der Waals surface area contributed by atoms with Crippen LogP contribution in [0.5, 0.6) is 0 Å². The van der Waals surface area contributed by atoms with Gasteiger partial charge in [0, 0.05) is 24.3 Å². The van der Waals surface area contributed by atoms with Crippen molar-refractivity contribution in [2.24, 2.45) is 0 Å². The summed E-state index contributed by atoms with van der Waals surface area (Å²) in [6, 6.07) is 9.08. The first-order chi connectivity index (χ1) is 10.0. The van der Waals surface area contributed by atoms with E-state index in [0.29, 0.717) is 18.8 Å². The summed E-state index contributed by atoms with van der Waals surface area (Å²) in [6.45, 7) is 0.875. The molecular weight excluding hydrogens is 274 g/mol. The number of carbonyl (C=O) groups excluding carboxylic acids is 1. The molecule has 0 aliphatic carbocycles. The number of amides is 1. The van der Waals surface area contributed by atoms with Crippen molar-refractivity contribution < 1.29 is 13.6 Å². The third-order valence-electron chi connectivity index (χ3n) is 3.70. The Morgan fingerprint density at radius 1 is 1.10 bits per heavy atom. The Labute approximate surface area is 121 Å². The average Bonchev–Trinajstić information content (AvgIpc) is 2.86. The number of carbonyl (C=O) groups is 1. The van der Waals surface area contributed by atoms with Crippen molar-refractivity contribution in [3.8, 4) is 0 Å². The lowest BCUT2D eigenvalue weighted by atomic mass is 10.1. The Morgan fingerprint density at radius 2 is 1.76 bits per heavy atom. The van der Waals surface area contributed by atoms with Crippen molar-refractivity contribution in [2.45, 2.75) is 19.5 Å². The lowest BCUT2D eigenvalue weighted by Gasteiger charge is -2.15. The van der Waals surface area contributed by atoms with Gasteiger partial charge in [0.1, 0.15) is 11.6 Å². The Kier molecular flexibility index (Phi) is 3.33. The van der Waals surface area contributed by atoms with Gasteiger partial charge in [-0.15, -0.1) is 0 Å². The maximum atomic E-state index is 13.6. The topological polar surface area (TPSA) is 46.3 Å². The van der Waals surface area contributed by atoms with Gasteiger partial charge in [0.15, 0.2) is 0 Å². The Balaban J connectivity index is 1.76. The summed E-state index contributed by atoms with van der Waals surface area (Å²) in [6.07, 6.45) is -0.276. The minimum atomic E-state index is -0.690. The molecule has 2 N–H and O–H groups in total. The van der Waals surface area contributed by atoms with Crippen molar-refractivity contribution in [1.29, 1.82) is 0 Å². The number of halogens is 2. The highest BCUT2D eigenvalue weighted by molar-refractivity contribution is 5.79. The first-order valence-electron chi connectivity index (χ1n) is 6.62. The van der Waals surface area contributed by atoms with E-state index in [4.69, 9.17) is 5.73 Å². The van der Waals surface area contributed by atoms with Gasteiger partial charge in [-0.2, -0.15) is 0 Å². The standard InChI is InChI=1S/C16H14F2N2O/c17-14-2-1-3-15(18)13(14)7-16(21)20-8-10-4-5-12(19)6-11(10)9-20/h1-6H,7-9,19H2. The van der Waals surface area contributed by atoms with Crippen LogP contribution in [0.15, 0.2) is 36.4 Å². The van der Waals surface area contributed by atoms with E-state index in [0.717, 1.165) is 23.3 Å². The second-order valence-electron chi connectivity index (χ2n) is 5.15. The SMILES string of the molecule is Nc1ccc2c(c1)CN(C(=O)Cc1c(F)cccc1F)C2. The molecule has 3 nitrogen and oxygen atoms in total. The highest BCUT2D eigenvalue weighted by Gasteiger charge is 2.25. The number of nitrogens with two attached hydrogens (primary N) is 1. The summed E-state index contributed by atoms with van der Waals surface area (Å²) in [5.41, 5.74) is 8.18. The maximum absolute atomic E-state index is 13.6. The van der Waals surface area contributed by atoms with Gasteiger partial charge in [-0.3, -0.25) is 4.79 Å². The van der Waals surface area contributed by atoms with E-state index >= 15 is 0 Å². The third kappa shape index (κ3) is 2.59. The molecule has 2 aromatic carbocycles. The van der Waals surface area contributed by atoms with Gasteiger partial charge in [0.05, 0.1) is 6.42 Å². The molecule has 1 aliphatic heterocycles. The molecule has 108 valence electrons. The number of rotatable bonds is 2. The first kappa shape index (κ1) is 13.5. The number of benzene rings is 2. The molecule has 0 unspecified atom stereocenters. The Hall–Kier alpha value is -2.43. The molecule has 5 heteroatoms. The molecule has 0 aromatic heterocycles. The molecule has 2 aromatic rings. The second-order valence-corrected chi connectivity index (χ2v) is 5.15. The van der Waals surface area contributed by atoms with E-state index in [-0.39, 0.29) is 17.9 Å². The summed E-state index contributed by atoms with van der Waals surface area (Å²) in [5.74, 6) is -1.68. The molecule has 3 rings (SSSR count). The maximum Gasteiger partial charge on any atom is 0.227 e. The highest BCUT2D eigenvalue weighted by atomic mass is 19.1. The van der Waals surface area contributed by atoms with Crippen molar-refractivity contribution in [2.75, 3.05) is 5.73 Å². The predicted molar refractivity (Wildman–Crippen MR) is 75.2 cm³/mol. The van der Waals surface area contributed by atoms with Crippen LogP contribution in [0.2, 0.25) is 0 Å². The zero-order valence-electron chi connectivity index (χ0n) is 11.3. The fourth-order valence-electron chi connectivity index (χ4n) is 2.56. The molecule has 21 heavy (non-hydrogen) atoms. The first-order valence-corrected chi connectivity index (χ1v) is 6.62. The van der Waals surface area contributed by atoms with E-state index in [1.54, 1.807) is 11.0 Å². The third-order valence-corrected chi connectivity index (χ3v) is 3.70.